The van der Waals surface area contributed by atoms with Crippen molar-refractivity contribution in [3.63, 3.8) is 0 Å². The normalized spacial score (nSPS) is 16.5. The van der Waals surface area contributed by atoms with Gasteiger partial charge in [0, 0.05) is 13.1 Å². The minimum atomic E-state index is -0.494. The summed E-state index contributed by atoms with van der Waals surface area (Å²) in [5, 5.41) is 7.08. The van der Waals surface area contributed by atoms with Gasteiger partial charge in [-0.25, -0.2) is 0 Å². The Morgan fingerprint density at radius 3 is 2.45 bits per heavy atom. The standard InChI is InChI=1S/C15H23BrN4O2/c1-10-14(16)12(3)20(18-10)9-13(21)17-11(2)15(22)19-7-5-4-6-8-19/h11H,4-9H2,1-3H3,(H,17,21)/t11-/m0/s1. The first-order valence-electron chi connectivity index (χ1n) is 7.67. The van der Waals surface area contributed by atoms with Crippen molar-refractivity contribution in [2.45, 2.75) is 52.6 Å². The molecule has 0 unspecified atom stereocenters. The van der Waals surface area contributed by atoms with Gasteiger partial charge in [-0.2, -0.15) is 5.10 Å². The lowest BCUT2D eigenvalue weighted by molar-refractivity contribution is -0.136. The fourth-order valence-corrected chi connectivity index (χ4v) is 2.99. The summed E-state index contributed by atoms with van der Waals surface area (Å²) in [5.41, 5.74) is 1.76. The number of aryl methyl sites for hydroxylation is 1. The highest BCUT2D eigenvalue weighted by Gasteiger charge is 2.23. The third kappa shape index (κ3) is 3.88. The molecule has 122 valence electrons. The number of carbonyl (C=O) groups is 2. The number of amides is 2. The highest BCUT2D eigenvalue weighted by atomic mass is 79.9. The maximum Gasteiger partial charge on any atom is 0.244 e. The van der Waals surface area contributed by atoms with Gasteiger partial charge in [0.15, 0.2) is 0 Å². The van der Waals surface area contributed by atoms with Crippen LogP contribution in [-0.4, -0.2) is 45.6 Å². The SMILES string of the molecule is Cc1nn(CC(=O)N[C@@H](C)C(=O)N2CCCCC2)c(C)c1Br. The molecule has 1 aromatic rings. The molecule has 0 aliphatic carbocycles. The highest BCUT2D eigenvalue weighted by molar-refractivity contribution is 9.10. The van der Waals surface area contributed by atoms with E-state index >= 15 is 0 Å². The maximum absolute atomic E-state index is 12.3. The van der Waals surface area contributed by atoms with E-state index < -0.39 is 6.04 Å². The van der Waals surface area contributed by atoms with Crippen molar-refractivity contribution < 1.29 is 9.59 Å². The summed E-state index contributed by atoms with van der Waals surface area (Å²) < 4.78 is 2.56. The Bertz CT molecular complexity index is 564. The monoisotopic (exact) mass is 370 g/mol. The van der Waals surface area contributed by atoms with Gasteiger partial charge in [0.05, 0.1) is 15.9 Å². The molecule has 1 saturated heterocycles. The van der Waals surface area contributed by atoms with Crippen LogP contribution in [0.1, 0.15) is 37.6 Å². The molecule has 2 amide bonds. The molecule has 0 aromatic carbocycles. The van der Waals surface area contributed by atoms with Gasteiger partial charge in [0.2, 0.25) is 11.8 Å². The van der Waals surface area contributed by atoms with Gasteiger partial charge in [-0.1, -0.05) is 0 Å². The van der Waals surface area contributed by atoms with Crippen LogP contribution in [0.5, 0.6) is 0 Å². The molecule has 1 aliphatic heterocycles. The van der Waals surface area contributed by atoms with Gasteiger partial charge in [-0.15, -0.1) is 0 Å². The predicted molar refractivity (Wildman–Crippen MR) is 87.4 cm³/mol. The number of halogens is 1. The fraction of sp³-hybridized carbons (Fsp3) is 0.667. The summed E-state index contributed by atoms with van der Waals surface area (Å²) in [6.45, 7) is 7.24. The first-order chi connectivity index (χ1) is 10.4. The van der Waals surface area contributed by atoms with Gasteiger partial charge in [-0.3, -0.25) is 14.3 Å². The number of hydrogen-bond donors (Lipinski definition) is 1. The van der Waals surface area contributed by atoms with Crippen LogP contribution >= 0.6 is 15.9 Å². The van der Waals surface area contributed by atoms with Crippen LogP contribution in [0.2, 0.25) is 0 Å². The summed E-state index contributed by atoms with van der Waals surface area (Å²) in [4.78, 5) is 26.3. The summed E-state index contributed by atoms with van der Waals surface area (Å²) in [6.07, 6.45) is 3.27. The topological polar surface area (TPSA) is 67.2 Å². The van der Waals surface area contributed by atoms with E-state index in [-0.39, 0.29) is 18.4 Å². The maximum atomic E-state index is 12.3. The Labute approximate surface area is 139 Å². The summed E-state index contributed by atoms with van der Waals surface area (Å²) >= 11 is 3.44. The molecule has 2 rings (SSSR count). The second-order valence-electron chi connectivity index (χ2n) is 5.82. The quantitative estimate of drug-likeness (QED) is 0.878. The minimum absolute atomic E-state index is 0.00241. The van der Waals surface area contributed by atoms with Gasteiger partial charge < -0.3 is 10.2 Å². The smallest absolute Gasteiger partial charge is 0.244 e. The predicted octanol–water partition coefficient (Wildman–Crippen LogP) is 1.78. The van der Waals surface area contributed by atoms with E-state index in [1.165, 1.54) is 6.42 Å². The number of nitrogens with one attached hydrogen (secondary N) is 1. The van der Waals surface area contributed by atoms with Gasteiger partial charge >= 0.3 is 0 Å². The fourth-order valence-electron chi connectivity index (χ4n) is 2.70. The molecule has 0 bridgehead atoms. The Morgan fingerprint density at radius 1 is 1.27 bits per heavy atom. The number of hydrogen-bond acceptors (Lipinski definition) is 3. The van der Waals surface area contributed by atoms with Crippen molar-refractivity contribution >= 4 is 27.7 Å². The molecule has 0 spiro atoms. The van der Waals surface area contributed by atoms with E-state index in [9.17, 15) is 9.59 Å². The lowest BCUT2D eigenvalue weighted by Crippen LogP contribution is -2.49. The minimum Gasteiger partial charge on any atom is -0.343 e. The number of aromatic nitrogens is 2. The van der Waals surface area contributed by atoms with Crippen molar-refractivity contribution in [2.24, 2.45) is 0 Å². The Morgan fingerprint density at radius 2 is 1.91 bits per heavy atom. The van der Waals surface area contributed by atoms with E-state index in [1.54, 1.807) is 11.6 Å². The van der Waals surface area contributed by atoms with Crippen LogP contribution in [0.4, 0.5) is 0 Å². The lowest BCUT2D eigenvalue weighted by Gasteiger charge is -2.29. The first-order valence-corrected chi connectivity index (χ1v) is 8.47. The highest BCUT2D eigenvalue weighted by Crippen LogP contribution is 2.19. The summed E-state index contributed by atoms with van der Waals surface area (Å²) in [5.74, 6) is -0.196. The Kier molecular flexibility index (Phi) is 5.61. The van der Waals surface area contributed by atoms with Gasteiger partial charge in [0.25, 0.3) is 0 Å². The molecule has 1 atom stereocenters. The molecular formula is C15H23BrN4O2. The second kappa shape index (κ2) is 7.26. The third-order valence-electron chi connectivity index (χ3n) is 4.00. The summed E-state index contributed by atoms with van der Waals surface area (Å²) in [6, 6.07) is -0.494. The molecule has 1 fully saturated rings. The van der Waals surface area contributed by atoms with E-state index in [0.29, 0.717) is 0 Å². The van der Waals surface area contributed by atoms with Crippen LogP contribution in [0.3, 0.4) is 0 Å². The van der Waals surface area contributed by atoms with Crippen LogP contribution < -0.4 is 5.32 Å². The number of piperidine rings is 1. The van der Waals surface area contributed by atoms with Crippen LogP contribution in [0.25, 0.3) is 0 Å². The zero-order valence-electron chi connectivity index (χ0n) is 13.4. The van der Waals surface area contributed by atoms with E-state index in [0.717, 1.165) is 41.8 Å². The Balaban J connectivity index is 1.90. The third-order valence-corrected chi connectivity index (χ3v) is 5.15. The molecule has 1 aliphatic rings. The van der Waals surface area contributed by atoms with Crippen molar-refractivity contribution in [1.82, 2.24) is 20.0 Å². The average molecular weight is 371 g/mol. The molecule has 0 radical (unpaired) electrons. The Hall–Kier alpha value is -1.37. The zero-order chi connectivity index (χ0) is 16.3. The number of nitrogens with zero attached hydrogens (tertiary/aromatic N) is 3. The van der Waals surface area contributed by atoms with Crippen molar-refractivity contribution in [1.29, 1.82) is 0 Å². The van der Waals surface area contributed by atoms with Gasteiger partial charge in [-0.05, 0) is 56.0 Å². The zero-order valence-corrected chi connectivity index (χ0v) is 14.9. The number of carbonyl (C=O) groups excluding carboxylic acids is 2. The van der Waals surface area contributed by atoms with Crippen LogP contribution in [0, 0.1) is 13.8 Å². The van der Waals surface area contributed by atoms with E-state index in [4.69, 9.17) is 0 Å². The first kappa shape index (κ1) is 17.0. The van der Waals surface area contributed by atoms with E-state index in [1.807, 2.05) is 18.7 Å². The molecular weight excluding hydrogens is 348 g/mol. The molecule has 22 heavy (non-hydrogen) atoms. The van der Waals surface area contributed by atoms with Crippen LogP contribution in [0.15, 0.2) is 4.47 Å². The van der Waals surface area contributed by atoms with Gasteiger partial charge in [0.1, 0.15) is 12.6 Å². The molecule has 2 heterocycles. The van der Waals surface area contributed by atoms with Crippen molar-refractivity contribution in [2.75, 3.05) is 13.1 Å². The lowest BCUT2D eigenvalue weighted by atomic mass is 10.1. The molecule has 0 saturated carbocycles. The molecule has 7 heteroatoms. The molecule has 1 aromatic heterocycles. The molecule has 6 nitrogen and oxygen atoms in total. The largest absolute Gasteiger partial charge is 0.343 e. The number of rotatable bonds is 4. The van der Waals surface area contributed by atoms with E-state index in [2.05, 4.69) is 26.3 Å². The van der Waals surface area contributed by atoms with Crippen LogP contribution in [-0.2, 0) is 16.1 Å². The van der Waals surface area contributed by atoms with Crippen molar-refractivity contribution in [3.05, 3.63) is 15.9 Å². The van der Waals surface area contributed by atoms with Crippen molar-refractivity contribution in [3.8, 4) is 0 Å². The summed E-state index contributed by atoms with van der Waals surface area (Å²) in [7, 11) is 0. The average Bonchev–Trinajstić information content (AvgIpc) is 2.74. The number of likely N-dealkylation sites (tertiary alicyclic amines) is 1. The second-order valence-corrected chi connectivity index (χ2v) is 6.61. The molecule has 1 N–H and O–H groups in total.